The molecule has 0 radical (unpaired) electrons. The number of rotatable bonds is 9. The maximum atomic E-state index is 10.4. The highest BCUT2D eigenvalue weighted by Gasteiger charge is 2.00. The molecule has 1 unspecified atom stereocenters. The van der Waals surface area contributed by atoms with E-state index < -0.39 is 5.91 Å². The number of nitrogens with two attached hydrogens (primary N) is 1. The molecule has 0 aliphatic carbocycles. The van der Waals surface area contributed by atoms with Gasteiger partial charge in [0.1, 0.15) is 13.2 Å². The number of benzene rings is 1. The number of hydrogen-bond acceptors (Lipinski definition) is 4. The number of carbonyl (C=O) groups is 1. The van der Waals surface area contributed by atoms with Crippen molar-refractivity contribution in [2.45, 2.75) is 33.2 Å². The first-order valence-corrected chi connectivity index (χ1v) is 8.33. The number of nitrogens with one attached hydrogen (secondary N) is 1. The summed E-state index contributed by atoms with van der Waals surface area (Å²) in [5.41, 5.74) is 7.15. The third-order valence-corrected chi connectivity index (χ3v) is 3.07. The minimum absolute atomic E-state index is 0.0397. The predicted molar refractivity (Wildman–Crippen MR) is 97.6 cm³/mol. The van der Waals surface area contributed by atoms with Crippen LogP contribution < -0.4 is 11.1 Å². The minimum Gasteiger partial charge on any atom is -0.372 e. The monoisotopic (exact) mass is 334 g/mol. The first-order valence-electron chi connectivity index (χ1n) is 8.33. The smallest absolute Gasteiger partial charge is 0.243 e. The van der Waals surface area contributed by atoms with E-state index in [-0.39, 0.29) is 6.61 Å². The van der Waals surface area contributed by atoms with Crippen molar-refractivity contribution in [3.05, 3.63) is 35.4 Å². The molecule has 0 aliphatic rings. The van der Waals surface area contributed by atoms with E-state index in [2.05, 4.69) is 36.2 Å². The lowest BCUT2D eigenvalue weighted by atomic mass is 10.1. The van der Waals surface area contributed by atoms with Gasteiger partial charge in [-0.05, 0) is 38.1 Å². The molecule has 0 fully saturated rings. The Balaban J connectivity index is 0.00000254. The first kappa shape index (κ1) is 22.1. The molecule has 1 aromatic rings. The Kier molecular flexibility index (Phi) is 13.6. The zero-order chi connectivity index (χ0) is 18.2. The van der Waals surface area contributed by atoms with E-state index in [1.165, 1.54) is 5.56 Å². The maximum Gasteiger partial charge on any atom is 0.243 e. The van der Waals surface area contributed by atoms with Crippen molar-refractivity contribution in [1.82, 2.24) is 5.32 Å². The lowest BCUT2D eigenvalue weighted by Crippen LogP contribution is -2.18. The molecule has 0 saturated carbocycles. The van der Waals surface area contributed by atoms with Crippen molar-refractivity contribution in [2.24, 2.45) is 5.73 Å². The van der Waals surface area contributed by atoms with Crippen molar-refractivity contribution >= 4 is 5.91 Å². The molecule has 0 aliphatic heterocycles. The summed E-state index contributed by atoms with van der Waals surface area (Å²) in [5.74, 6) is 5.57. The van der Waals surface area contributed by atoms with Crippen molar-refractivity contribution in [2.75, 3.05) is 33.5 Å². The highest BCUT2D eigenvalue weighted by molar-refractivity contribution is 5.74. The summed E-state index contributed by atoms with van der Waals surface area (Å²) in [7, 11) is 1.94. The van der Waals surface area contributed by atoms with Gasteiger partial charge in [-0.3, -0.25) is 4.79 Å². The maximum absolute atomic E-state index is 10.4. The molecule has 0 saturated heterocycles. The second-order valence-electron chi connectivity index (χ2n) is 4.86. The van der Waals surface area contributed by atoms with Gasteiger partial charge in [-0.15, -0.1) is 0 Å². The molecule has 134 valence electrons. The van der Waals surface area contributed by atoms with Crippen molar-refractivity contribution in [3.8, 4) is 11.8 Å². The highest BCUT2D eigenvalue weighted by atomic mass is 16.5. The quantitative estimate of drug-likeness (QED) is 0.537. The van der Waals surface area contributed by atoms with E-state index >= 15 is 0 Å². The van der Waals surface area contributed by atoms with Gasteiger partial charge < -0.3 is 20.5 Å². The Morgan fingerprint density at radius 1 is 1.21 bits per heavy atom. The van der Waals surface area contributed by atoms with E-state index in [4.69, 9.17) is 15.2 Å². The number of amides is 1. The second-order valence-corrected chi connectivity index (χ2v) is 4.86. The lowest BCUT2D eigenvalue weighted by Gasteiger charge is -2.09. The molecule has 1 rings (SSSR count). The molecule has 5 heteroatoms. The Bertz CT molecular complexity index is 504. The summed E-state index contributed by atoms with van der Waals surface area (Å²) in [6.07, 6.45) is 0.714. The summed E-state index contributed by atoms with van der Waals surface area (Å²) >= 11 is 0. The zero-order valence-corrected chi connectivity index (χ0v) is 15.2. The molecule has 3 N–H and O–H groups in total. The Morgan fingerprint density at radius 2 is 1.83 bits per heavy atom. The fourth-order valence-electron chi connectivity index (χ4n) is 1.72. The van der Waals surface area contributed by atoms with Crippen LogP contribution >= 0.6 is 0 Å². The standard InChI is InChI=1S/C17H24N2O3.C2H6/c1-14(19-2)16-8-6-15(7-9-16)5-3-10-21-11-4-12-22-13-17(18)20;1-2/h6-9,14,19H,4,10-13H2,1-2H3,(H2,18,20);1-2H3. The van der Waals surface area contributed by atoms with E-state index in [9.17, 15) is 4.79 Å². The minimum atomic E-state index is -0.457. The third kappa shape index (κ3) is 10.8. The molecule has 1 atom stereocenters. The van der Waals surface area contributed by atoms with Crippen LogP contribution in [0, 0.1) is 11.8 Å². The lowest BCUT2D eigenvalue weighted by molar-refractivity contribution is -0.122. The van der Waals surface area contributed by atoms with E-state index in [0.29, 0.717) is 32.3 Å². The van der Waals surface area contributed by atoms with Gasteiger partial charge in [0.15, 0.2) is 0 Å². The Hall–Kier alpha value is -1.87. The topological polar surface area (TPSA) is 73.6 Å². The molecule has 5 nitrogen and oxygen atoms in total. The predicted octanol–water partition coefficient (Wildman–Crippen LogP) is 2.25. The van der Waals surface area contributed by atoms with Crippen LogP contribution in [-0.4, -0.2) is 39.4 Å². The summed E-state index contributed by atoms with van der Waals surface area (Å²) in [5, 5.41) is 3.20. The van der Waals surface area contributed by atoms with Crippen LogP contribution in [-0.2, 0) is 14.3 Å². The normalized spacial score (nSPS) is 10.8. The molecule has 1 amide bonds. The van der Waals surface area contributed by atoms with E-state index in [0.717, 1.165) is 5.56 Å². The fraction of sp³-hybridized carbons (Fsp3) is 0.526. The van der Waals surface area contributed by atoms with Crippen LogP contribution in [0.3, 0.4) is 0 Å². The molecular formula is C19H30N2O3. The number of ether oxygens (including phenoxy) is 2. The highest BCUT2D eigenvalue weighted by Crippen LogP contribution is 2.11. The summed E-state index contributed by atoms with van der Waals surface area (Å²) < 4.78 is 10.4. The van der Waals surface area contributed by atoms with Gasteiger partial charge >= 0.3 is 0 Å². The van der Waals surface area contributed by atoms with Crippen LogP contribution in [0.1, 0.15) is 44.4 Å². The number of hydrogen-bond donors (Lipinski definition) is 2. The SMILES string of the molecule is CC.CNC(C)c1ccc(C#CCOCCCOCC(N)=O)cc1. The van der Waals surface area contributed by atoms with Crippen LogP contribution in [0.25, 0.3) is 0 Å². The molecule has 0 bridgehead atoms. The van der Waals surface area contributed by atoms with Gasteiger partial charge in [0, 0.05) is 18.2 Å². The molecule has 24 heavy (non-hydrogen) atoms. The van der Waals surface area contributed by atoms with Crippen LogP contribution in [0.4, 0.5) is 0 Å². The zero-order valence-electron chi connectivity index (χ0n) is 15.2. The fourth-order valence-corrected chi connectivity index (χ4v) is 1.72. The van der Waals surface area contributed by atoms with Crippen LogP contribution in [0.15, 0.2) is 24.3 Å². The Morgan fingerprint density at radius 3 is 2.42 bits per heavy atom. The Labute approximate surface area is 145 Å². The molecule has 1 aromatic carbocycles. The summed E-state index contributed by atoms with van der Waals surface area (Å²) in [6, 6.07) is 8.49. The molecular weight excluding hydrogens is 304 g/mol. The van der Waals surface area contributed by atoms with Gasteiger partial charge in [0.2, 0.25) is 5.91 Å². The number of carbonyl (C=O) groups excluding carboxylic acids is 1. The van der Waals surface area contributed by atoms with Gasteiger partial charge in [-0.25, -0.2) is 0 Å². The second kappa shape index (κ2) is 14.7. The van der Waals surface area contributed by atoms with Gasteiger partial charge in [0.05, 0.1) is 6.61 Å². The third-order valence-electron chi connectivity index (χ3n) is 3.07. The average Bonchev–Trinajstić information content (AvgIpc) is 2.61. The van der Waals surface area contributed by atoms with Gasteiger partial charge in [0.25, 0.3) is 0 Å². The molecule has 0 aromatic heterocycles. The largest absolute Gasteiger partial charge is 0.372 e. The van der Waals surface area contributed by atoms with Crippen molar-refractivity contribution < 1.29 is 14.3 Å². The van der Waals surface area contributed by atoms with E-state index in [1.54, 1.807) is 0 Å². The van der Waals surface area contributed by atoms with Gasteiger partial charge in [-0.1, -0.05) is 37.8 Å². The average molecular weight is 334 g/mol. The van der Waals surface area contributed by atoms with Crippen molar-refractivity contribution in [1.29, 1.82) is 0 Å². The van der Waals surface area contributed by atoms with E-state index in [1.807, 2.05) is 33.0 Å². The van der Waals surface area contributed by atoms with Crippen LogP contribution in [0.5, 0.6) is 0 Å². The first-order chi connectivity index (χ1) is 11.6. The summed E-state index contributed by atoms with van der Waals surface area (Å²) in [6.45, 7) is 7.46. The summed E-state index contributed by atoms with van der Waals surface area (Å²) in [4.78, 5) is 10.4. The molecule has 0 heterocycles. The number of primary amides is 1. The van der Waals surface area contributed by atoms with Gasteiger partial charge in [-0.2, -0.15) is 0 Å². The van der Waals surface area contributed by atoms with Crippen LogP contribution in [0.2, 0.25) is 0 Å². The van der Waals surface area contributed by atoms with Crippen molar-refractivity contribution in [3.63, 3.8) is 0 Å². The molecule has 0 spiro atoms.